The fourth-order valence-corrected chi connectivity index (χ4v) is 3.71. The largest absolute Gasteiger partial charge is 0.462 e. The van der Waals surface area contributed by atoms with Gasteiger partial charge in [-0.1, -0.05) is 23.7 Å². The Morgan fingerprint density at radius 2 is 1.79 bits per heavy atom. The molecule has 2 aromatic carbocycles. The number of piperidine rings is 1. The van der Waals surface area contributed by atoms with E-state index in [1.165, 1.54) is 6.42 Å². The summed E-state index contributed by atoms with van der Waals surface area (Å²) in [5, 5.41) is 3.56. The van der Waals surface area contributed by atoms with Crippen molar-refractivity contribution < 1.29 is 14.3 Å². The number of amides is 1. The van der Waals surface area contributed by atoms with E-state index < -0.39 is 0 Å². The van der Waals surface area contributed by atoms with Gasteiger partial charge in [0.05, 0.1) is 17.7 Å². The van der Waals surface area contributed by atoms with Crippen LogP contribution in [0.5, 0.6) is 0 Å². The summed E-state index contributed by atoms with van der Waals surface area (Å²) in [4.78, 5) is 26.8. The third kappa shape index (κ3) is 5.73. The van der Waals surface area contributed by atoms with Crippen LogP contribution in [0.15, 0.2) is 42.5 Å². The first-order valence-corrected chi connectivity index (χ1v) is 10.5. The van der Waals surface area contributed by atoms with Gasteiger partial charge in [-0.15, -0.1) is 0 Å². The van der Waals surface area contributed by atoms with E-state index >= 15 is 0 Å². The maximum Gasteiger partial charge on any atom is 0.338 e. The number of ether oxygens (including phenoxy) is 1. The van der Waals surface area contributed by atoms with Crippen LogP contribution in [0, 0.1) is 0 Å². The number of nitrogens with one attached hydrogen (secondary N) is 1. The Bertz CT molecular complexity index is 846. The van der Waals surface area contributed by atoms with Crippen LogP contribution in [0.2, 0.25) is 5.02 Å². The third-order valence-corrected chi connectivity index (χ3v) is 5.30. The molecule has 1 aliphatic rings. The van der Waals surface area contributed by atoms with Crippen molar-refractivity contribution in [3.05, 3.63) is 64.2 Å². The summed E-state index contributed by atoms with van der Waals surface area (Å²) < 4.78 is 4.99. The van der Waals surface area contributed by atoms with Gasteiger partial charge in [-0.05, 0) is 68.5 Å². The van der Waals surface area contributed by atoms with E-state index in [9.17, 15) is 9.59 Å². The van der Waals surface area contributed by atoms with Crippen LogP contribution in [0.25, 0.3) is 0 Å². The average Bonchev–Trinajstić information content (AvgIpc) is 2.75. The fraction of sp³-hybridized carbons (Fsp3) is 0.391. The summed E-state index contributed by atoms with van der Waals surface area (Å²) in [6.45, 7) is 4.58. The lowest BCUT2D eigenvalue weighted by molar-refractivity contribution is 0.0526. The minimum absolute atomic E-state index is 0.115. The van der Waals surface area contributed by atoms with Crippen molar-refractivity contribution in [2.75, 3.05) is 31.1 Å². The van der Waals surface area contributed by atoms with Crippen LogP contribution in [0.3, 0.4) is 0 Å². The van der Waals surface area contributed by atoms with Gasteiger partial charge < -0.3 is 15.0 Å². The smallest absolute Gasteiger partial charge is 0.338 e. The van der Waals surface area contributed by atoms with Crippen LogP contribution in [-0.4, -0.2) is 38.1 Å². The second kappa shape index (κ2) is 10.3. The van der Waals surface area contributed by atoms with E-state index in [4.69, 9.17) is 16.3 Å². The Morgan fingerprint density at radius 1 is 1.07 bits per heavy atom. The van der Waals surface area contributed by atoms with Gasteiger partial charge in [0.2, 0.25) is 0 Å². The summed E-state index contributed by atoms with van der Waals surface area (Å²) in [5.41, 5.74) is 3.15. The molecule has 3 rings (SSSR count). The van der Waals surface area contributed by atoms with E-state index in [0.29, 0.717) is 35.7 Å². The molecule has 0 aromatic heterocycles. The molecule has 0 spiro atoms. The lowest BCUT2D eigenvalue weighted by Crippen LogP contribution is -2.33. The molecule has 0 bridgehead atoms. The molecule has 0 unspecified atom stereocenters. The molecule has 154 valence electrons. The zero-order chi connectivity index (χ0) is 20.6. The fourth-order valence-electron chi connectivity index (χ4n) is 3.54. The average molecular weight is 415 g/mol. The molecule has 0 saturated carbocycles. The quantitative estimate of drug-likeness (QED) is 0.678. The summed E-state index contributed by atoms with van der Waals surface area (Å²) in [7, 11) is 0. The standard InChI is InChI=1S/C23H27ClN2O3/c1-2-29-23(28)18-8-6-17(7-9-18)12-13-25-22(27)20-16-19(24)10-11-21(20)26-14-4-3-5-15-26/h6-11,16H,2-5,12-15H2,1H3,(H,25,27). The molecule has 1 aliphatic heterocycles. The zero-order valence-electron chi connectivity index (χ0n) is 16.7. The van der Waals surface area contributed by atoms with E-state index in [1.54, 1.807) is 25.1 Å². The van der Waals surface area contributed by atoms with Crippen molar-refractivity contribution in [3.63, 3.8) is 0 Å². The summed E-state index contributed by atoms with van der Waals surface area (Å²) in [6, 6.07) is 12.8. The molecule has 0 aliphatic carbocycles. The third-order valence-electron chi connectivity index (χ3n) is 5.06. The number of carbonyl (C=O) groups is 2. The minimum Gasteiger partial charge on any atom is -0.462 e. The summed E-state index contributed by atoms with van der Waals surface area (Å²) in [6.07, 6.45) is 4.20. The van der Waals surface area contributed by atoms with Crippen molar-refractivity contribution in [1.29, 1.82) is 0 Å². The summed E-state index contributed by atoms with van der Waals surface area (Å²) in [5.74, 6) is -0.435. The summed E-state index contributed by atoms with van der Waals surface area (Å²) >= 11 is 6.16. The number of carbonyl (C=O) groups excluding carboxylic acids is 2. The SMILES string of the molecule is CCOC(=O)c1ccc(CCNC(=O)c2cc(Cl)ccc2N2CCCCC2)cc1. The van der Waals surface area contributed by atoms with Crippen molar-refractivity contribution in [2.24, 2.45) is 0 Å². The first-order chi connectivity index (χ1) is 14.1. The molecule has 0 atom stereocenters. The molecule has 1 saturated heterocycles. The predicted molar refractivity (Wildman–Crippen MR) is 116 cm³/mol. The van der Waals surface area contributed by atoms with E-state index in [0.717, 1.165) is 37.2 Å². The Morgan fingerprint density at radius 3 is 2.48 bits per heavy atom. The van der Waals surface area contributed by atoms with Gasteiger partial charge in [0.15, 0.2) is 0 Å². The topological polar surface area (TPSA) is 58.6 Å². The van der Waals surface area contributed by atoms with Crippen molar-refractivity contribution in [1.82, 2.24) is 5.32 Å². The van der Waals surface area contributed by atoms with Gasteiger partial charge in [-0.2, -0.15) is 0 Å². The highest BCUT2D eigenvalue weighted by Crippen LogP contribution is 2.27. The van der Waals surface area contributed by atoms with E-state index in [1.807, 2.05) is 24.3 Å². The van der Waals surface area contributed by atoms with E-state index in [2.05, 4.69) is 10.2 Å². The van der Waals surface area contributed by atoms with Crippen LogP contribution in [-0.2, 0) is 11.2 Å². The molecule has 6 heteroatoms. The second-order valence-corrected chi connectivity index (χ2v) is 7.57. The first-order valence-electron chi connectivity index (χ1n) is 10.2. The number of hydrogen-bond donors (Lipinski definition) is 1. The first kappa shape index (κ1) is 21.2. The van der Waals surface area contributed by atoms with E-state index in [-0.39, 0.29) is 11.9 Å². The number of nitrogens with zero attached hydrogens (tertiary/aromatic N) is 1. The minimum atomic E-state index is -0.321. The number of halogens is 1. The molecule has 5 nitrogen and oxygen atoms in total. The van der Waals surface area contributed by atoms with Gasteiger partial charge in [-0.3, -0.25) is 4.79 Å². The highest BCUT2D eigenvalue weighted by atomic mass is 35.5. The Kier molecular flexibility index (Phi) is 7.53. The number of benzene rings is 2. The predicted octanol–water partition coefficient (Wildman–Crippen LogP) is 4.48. The molecule has 0 radical (unpaired) electrons. The number of rotatable bonds is 7. The molecule has 1 N–H and O–H groups in total. The molecular weight excluding hydrogens is 388 g/mol. The number of esters is 1. The van der Waals surface area contributed by atoms with Crippen LogP contribution in [0.1, 0.15) is 52.5 Å². The zero-order valence-corrected chi connectivity index (χ0v) is 17.5. The maximum atomic E-state index is 12.8. The highest BCUT2D eigenvalue weighted by molar-refractivity contribution is 6.31. The molecule has 1 heterocycles. The number of hydrogen-bond acceptors (Lipinski definition) is 4. The van der Waals surface area contributed by atoms with Gasteiger partial charge in [-0.25, -0.2) is 4.79 Å². The molecule has 2 aromatic rings. The van der Waals surface area contributed by atoms with Crippen molar-refractivity contribution >= 4 is 29.2 Å². The molecule has 1 fully saturated rings. The molecule has 29 heavy (non-hydrogen) atoms. The Balaban J connectivity index is 1.59. The lowest BCUT2D eigenvalue weighted by Gasteiger charge is -2.30. The second-order valence-electron chi connectivity index (χ2n) is 7.13. The van der Waals surface area contributed by atoms with Crippen LogP contribution < -0.4 is 10.2 Å². The lowest BCUT2D eigenvalue weighted by atomic mass is 10.1. The van der Waals surface area contributed by atoms with Gasteiger partial charge >= 0.3 is 5.97 Å². The maximum absolute atomic E-state index is 12.8. The monoisotopic (exact) mass is 414 g/mol. The highest BCUT2D eigenvalue weighted by Gasteiger charge is 2.19. The van der Waals surface area contributed by atoms with Gasteiger partial charge in [0.1, 0.15) is 0 Å². The van der Waals surface area contributed by atoms with Crippen molar-refractivity contribution in [2.45, 2.75) is 32.6 Å². The molecule has 1 amide bonds. The van der Waals surface area contributed by atoms with Crippen molar-refractivity contribution in [3.8, 4) is 0 Å². The van der Waals surface area contributed by atoms with Crippen LogP contribution in [0.4, 0.5) is 5.69 Å². The van der Waals surface area contributed by atoms with Crippen LogP contribution >= 0.6 is 11.6 Å². The Labute approximate surface area is 177 Å². The van der Waals surface area contributed by atoms with Gasteiger partial charge in [0, 0.05) is 30.3 Å². The molecular formula is C23H27ClN2O3. The normalized spacial score (nSPS) is 13.8. The van der Waals surface area contributed by atoms with Gasteiger partial charge in [0.25, 0.3) is 5.91 Å². The number of anilines is 1. The Hall–Kier alpha value is -2.53.